The van der Waals surface area contributed by atoms with Gasteiger partial charge in [0.1, 0.15) is 17.3 Å². The molecule has 5 nitrogen and oxygen atoms in total. The first-order chi connectivity index (χ1) is 8.27. The highest BCUT2D eigenvalue weighted by Gasteiger charge is 2.11. The maximum absolute atomic E-state index is 8.91. The zero-order valence-electron chi connectivity index (χ0n) is 9.63. The molecule has 1 aromatic heterocycles. The van der Waals surface area contributed by atoms with Crippen LogP contribution in [0.25, 0.3) is 5.69 Å². The number of ether oxygens (including phenoxy) is 1. The molecule has 0 spiro atoms. The molecule has 0 unspecified atom stereocenters. The second kappa shape index (κ2) is 4.88. The predicted octanol–water partition coefficient (Wildman–Crippen LogP) is 0.998. The predicted molar refractivity (Wildman–Crippen MR) is 65.3 cm³/mol. The van der Waals surface area contributed by atoms with Crippen LogP contribution in [-0.2, 0) is 6.42 Å². The molecule has 0 aliphatic heterocycles. The minimum Gasteiger partial charge on any atom is -0.494 e. The molecule has 2 aromatic rings. The van der Waals surface area contributed by atoms with Crippen molar-refractivity contribution in [2.75, 3.05) is 19.5 Å². The number of nitrogen functional groups attached to an aromatic ring is 1. The standard InChI is InChI=1S/C12H15N3O2/c1-17-11-5-3-2-4-10(11)15-12(13)9(6-7-16)8-14-15/h2-5,8,16H,6-7,13H2,1H3. The van der Waals surface area contributed by atoms with Crippen LogP contribution in [0, 0.1) is 0 Å². The van der Waals surface area contributed by atoms with Crippen LogP contribution in [-0.4, -0.2) is 28.6 Å². The molecule has 1 aromatic carbocycles. The number of hydrogen-bond donors (Lipinski definition) is 2. The van der Waals surface area contributed by atoms with Crippen molar-refractivity contribution >= 4 is 5.82 Å². The Balaban J connectivity index is 2.46. The first-order valence-electron chi connectivity index (χ1n) is 5.34. The minimum atomic E-state index is 0.0574. The van der Waals surface area contributed by atoms with E-state index in [0.717, 1.165) is 11.3 Å². The summed E-state index contributed by atoms with van der Waals surface area (Å²) >= 11 is 0. The van der Waals surface area contributed by atoms with Crippen molar-refractivity contribution in [1.82, 2.24) is 9.78 Å². The van der Waals surface area contributed by atoms with Gasteiger partial charge in [0.15, 0.2) is 0 Å². The van der Waals surface area contributed by atoms with Gasteiger partial charge in [0.25, 0.3) is 0 Å². The first kappa shape index (κ1) is 11.5. The molecular formula is C12H15N3O2. The van der Waals surface area contributed by atoms with Gasteiger partial charge in [-0.2, -0.15) is 5.10 Å². The van der Waals surface area contributed by atoms with E-state index in [1.165, 1.54) is 0 Å². The molecule has 90 valence electrons. The van der Waals surface area contributed by atoms with E-state index >= 15 is 0 Å². The zero-order chi connectivity index (χ0) is 12.3. The summed E-state index contributed by atoms with van der Waals surface area (Å²) < 4.78 is 6.87. The Morgan fingerprint density at radius 3 is 2.88 bits per heavy atom. The topological polar surface area (TPSA) is 73.3 Å². The normalized spacial score (nSPS) is 10.5. The fourth-order valence-corrected chi connectivity index (χ4v) is 1.70. The van der Waals surface area contributed by atoms with Gasteiger partial charge < -0.3 is 15.6 Å². The van der Waals surface area contributed by atoms with Crippen molar-refractivity contribution in [2.45, 2.75) is 6.42 Å². The van der Waals surface area contributed by atoms with E-state index in [-0.39, 0.29) is 6.61 Å². The number of para-hydroxylation sites is 2. The quantitative estimate of drug-likeness (QED) is 0.826. The summed E-state index contributed by atoms with van der Waals surface area (Å²) in [5.41, 5.74) is 7.60. The number of hydrogen-bond acceptors (Lipinski definition) is 4. The minimum absolute atomic E-state index is 0.0574. The lowest BCUT2D eigenvalue weighted by molar-refractivity contribution is 0.300. The number of aliphatic hydroxyl groups excluding tert-OH is 1. The van der Waals surface area contributed by atoms with Gasteiger partial charge in [0.2, 0.25) is 0 Å². The molecule has 17 heavy (non-hydrogen) atoms. The Hall–Kier alpha value is -2.01. The number of methoxy groups -OCH3 is 1. The molecule has 0 radical (unpaired) electrons. The molecule has 0 aliphatic carbocycles. The van der Waals surface area contributed by atoms with Crippen molar-refractivity contribution in [1.29, 1.82) is 0 Å². The number of nitrogens with two attached hydrogens (primary N) is 1. The molecule has 2 rings (SSSR count). The van der Waals surface area contributed by atoms with Gasteiger partial charge in [-0.1, -0.05) is 12.1 Å². The van der Waals surface area contributed by atoms with Crippen LogP contribution in [0.5, 0.6) is 5.75 Å². The largest absolute Gasteiger partial charge is 0.494 e. The van der Waals surface area contributed by atoms with Gasteiger partial charge in [-0.05, 0) is 12.1 Å². The molecule has 0 bridgehead atoms. The highest BCUT2D eigenvalue weighted by molar-refractivity contribution is 5.53. The van der Waals surface area contributed by atoms with Crippen molar-refractivity contribution in [2.24, 2.45) is 0 Å². The van der Waals surface area contributed by atoms with Gasteiger partial charge in [-0.25, -0.2) is 4.68 Å². The number of aromatic nitrogens is 2. The summed E-state index contributed by atoms with van der Waals surface area (Å²) in [6.45, 7) is 0.0574. The Kier molecular flexibility index (Phi) is 3.30. The van der Waals surface area contributed by atoms with Crippen LogP contribution in [0.3, 0.4) is 0 Å². The number of aliphatic hydroxyl groups is 1. The first-order valence-corrected chi connectivity index (χ1v) is 5.34. The van der Waals surface area contributed by atoms with E-state index in [1.54, 1.807) is 18.0 Å². The fraction of sp³-hybridized carbons (Fsp3) is 0.250. The smallest absolute Gasteiger partial charge is 0.144 e. The molecule has 0 fully saturated rings. The molecule has 0 saturated heterocycles. The third-order valence-electron chi connectivity index (χ3n) is 2.58. The average molecular weight is 233 g/mol. The Morgan fingerprint density at radius 2 is 2.18 bits per heavy atom. The van der Waals surface area contributed by atoms with Crippen LogP contribution in [0.2, 0.25) is 0 Å². The van der Waals surface area contributed by atoms with E-state index in [2.05, 4.69) is 5.10 Å². The maximum Gasteiger partial charge on any atom is 0.144 e. The van der Waals surface area contributed by atoms with Gasteiger partial charge in [0.05, 0.1) is 13.3 Å². The number of benzene rings is 1. The van der Waals surface area contributed by atoms with Gasteiger partial charge in [0, 0.05) is 18.6 Å². The number of rotatable bonds is 4. The van der Waals surface area contributed by atoms with Gasteiger partial charge >= 0.3 is 0 Å². The van der Waals surface area contributed by atoms with E-state index in [0.29, 0.717) is 18.0 Å². The fourth-order valence-electron chi connectivity index (χ4n) is 1.70. The molecule has 0 aliphatic rings. The molecular weight excluding hydrogens is 218 g/mol. The van der Waals surface area contributed by atoms with E-state index in [1.807, 2.05) is 24.3 Å². The number of nitrogens with zero attached hydrogens (tertiary/aromatic N) is 2. The van der Waals surface area contributed by atoms with Crippen LogP contribution >= 0.6 is 0 Å². The second-order valence-corrected chi connectivity index (χ2v) is 3.61. The summed E-state index contributed by atoms with van der Waals surface area (Å²) in [4.78, 5) is 0. The Bertz CT molecular complexity index is 508. The van der Waals surface area contributed by atoms with Crippen molar-refractivity contribution in [3.05, 3.63) is 36.0 Å². The van der Waals surface area contributed by atoms with Crippen molar-refractivity contribution in [3.8, 4) is 11.4 Å². The lowest BCUT2D eigenvalue weighted by atomic mass is 10.2. The van der Waals surface area contributed by atoms with Crippen molar-refractivity contribution < 1.29 is 9.84 Å². The third kappa shape index (κ3) is 2.09. The molecule has 0 amide bonds. The lowest BCUT2D eigenvalue weighted by Crippen LogP contribution is -2.05. The lowest BCUT2D eigenvalue weighted by Gasteiger charge is -2.09. The van der Waals surface area contributed by atoms with E-state index < -0.39 is 0 Å². The Morgan fingerprint density at radius 1 is 1.41 bits per heavy atom. The second-order valence-electron chi connectivity index (χ2n) is 3.61. The maximum atomic E-state index is 8.91. The van der Waals surface area contributed by atoms with Crippen LogP contribution in [0.4, 0.5) is 5.82 Å². The average Bonchev–Trinajstić information content (AvgIpc) is 2.72. The van der Waals surface area contributed by atoms with Crippen molar-refractivity contribution in [3.63, 3.8) is 0 Å². The number of anilines is 1. The highest BCUT2D eigenvalue weighted by Crippen LogP contribution is 2.25. The summed E-state index contributed by atoms with van der Waals surface area (Å²) in [6, 6.07) is 7.51. The van der Waals surface area contributed by atoms with Gasteiger partial charge in [-0.3, -0.25) is 0 Å². The molecule has 0 atom stereocenters. The van der Waals surface area contributed by atoms with Gasteiger partial charge in [-0.15, -0.1) is 0 Å². The molecule has 5 heteroatoms. The SMILES string of the molecule is COc1ccccc1-n1ncc(CCO)c1N. The molecule has 0 saturated carbocycles. The summed E-state index contributed by atoms with van der Waals surface area (Å²) in [5.74, 6) is 1.24. The molecule has 3 N–H and O–H groups in total. The van der Waals surface area contributed by atoms with Crippen LogP contribution < -0.4 is 10.5 Å². The zero-order valence-corrected chi connectivity index (χ0v) is 9.63. The monoisotopic (exact) mass is 233 g/mol. The summed E-state index contributed by atoms with van der Waals surface area (Å²) in [6.07, 6.45) is 2.17. The van der Waals surface area contributed by atoms with E-state index in [4.69, 9.17) is 15.6 Å². The van der Waals surface area contributed by atoms with Crippen LogP contribution in [0.1, 0.15) is 5.56 Å². The summed E-state index contributed by atoms with van der Waals surface area (Å²) in [7, 11) is 1.60. The Labute approximate surface area is 99.4 Å². The molecule has 1 heterocycles. The third-order valence-corrected chi connectivity index (χ3v) is 2.58. The highest BCUT2D eigenvalue weighted by atomic mass is 16.5. The van der Waals surface area contributed by atoms with E-state index in [9.17, 15) is 0 Å². The van der Waals surface area contributed by atoms with Crippen LogP contribution in [0.15, 0.2) is 30.5 Å². The summed E-state index contributed by atoms with van der Waals surface area (Å²) in [5, 5.41) is 13.1.